The maximum absolute atomic E-state index is 7.18. The summed E-state index contributed by atoms with van der Waals surface area (Å²) in [6.45, 7) is 4.70. The number of nitrogens with zero attached hydrogens (tertiary/aromatic N) is 1. The Morgan fingerprint density at radius 1 is 0.309 bits per heavy atom. The first-order valence-corrected chi connectivity index (χ1v) is 23.7. The van der Waals surface area contributed by atoms with Gasteiger partial charge < -0.3 is 9.64 Å². The molecular weight excluding hydrogens is 823 g/mol. The first-order chi connectivity index (χ1) is 33.5. The van der Waals surface area contributed by atoms with Gasteiger partial charge in [-0.25, -0.2) is 0 Å². The molecule has 2 aliphatic carbocycles. The number of hydrogen-bond donors (Lipinski definition) is 0. The van der Waals surface area contributed by atoms with Crippen molar-refractivity contribution in [2.75, 3.05) is 4.90 Å². The van der Waals surface area contributed by atoms with Crippen LogP contribution in [0.2, 0.25) is 0 Å². The fourth-order valence-electron chi connectivity index (χ4n) is 12.1. The van der Waals surface area contributed by atoms with Crippen molar-refractivity contribution in [3.8, 4) is 56.0 Å². The van der Waals surface area contributed by atoms with E-state index < -0.39 is 5.41 Å². The molecule has 3 aliphatic rings. The van der Waals surface area contributed by atoms with Crippen molar-refractivity contribution in [1.82, 2.24) is 0 Å². The molecule has 2 nitrogen and oxygen atoms in total. The third-order valence-corrected chi connectivity index (χ3v) is 15.3. The first-order valence-electron chi connectivity index (χ1n) is 23.7. The summed E-state index contributed by atoms with van der Waals surface area (Å²) in [5.74, 6) is 1.87. The Morgan fingerprint density at radius 3 is 1.53 bits per heavy atom. The van der Waals surface area contributed by atoms with Crippen LogP contribution in [0.5, 0.6) is 11.5 Å². The lowest BCUT2D eigenvalue weighted by Gasteiger charge is -2.40. The smallest absolute Gasteiger partial charge is 0.140 e. The summed E-state index contributed by atoms with van der Waals surface area (Å²) in [5, 5.41) is 4.58. The van der Waals surface area contributed by atoms with Gasteiger partial charge in [-0.05, 0) is 126 Å². The predicted molar refractivity (Wildman–Crippen MR) is 282 cm³/mol. The van der Waals surface area contributed by atoms with Crippen molar-refractivity contribution in [1.29, 1.82) is 0 Å². The average Bonchev–Trinajstić information content (AvgIpc) is 3.81. The highest BCUT2D eigenvalue weighted by atomic mass is 16.5. The van der Waals surface area contributed by atoms with Crippen molar-refractivity contribution in [3.63, 3.8) is 0 Å². The number of fused-ring (bicyclic) bond motifs is 16. The van der Waals surface area contributed by atoms with Crippen molar-refractivity contribution < 1.29 is 4.74 Å². The second kappa shape index (κ2) is 14.5. The zero-order valence-electron chi connectivity index (χ0n) is 37.9. The molecule has 1 spiro atoms. The van der Waals surface area contributed by atoms with Crippen LogP contribution in [0.1, 0.15) is 47.2 Å². The van der Waals surface area contributed by atoms with Crippen LogP contribution in [-0.4, -0.2) is 0 Å². The van der Waals surface area contributed by atoms with Gasteiger partial charge in [-0.15, -0.1) is 0 Å². The molecule has 0 atom stereocenters. The van der Waals surface area contributed by atoms with E-state index >= 15 is 0 Å². The Bertz CT molecular complexity index is 3780. The molecule has 0 radical (unpaired) electrons. The van der Waals surface area contributed by atoms with Crippen LogP contribution >= 0.6 is 0 Å². The van der Waals surface area contributed by atoms with Gasteiger partial charge in [-0.2, -0.15) is 0 Å². The highest BCUT2D eigenvalue weighted by Gasteiger charge is 2.52. The quantitative estimate of drug-likeness (QED) is 0.171. The number of benzene rings is 11. The van der Waals surface area contributed by atoms with Crippen LogP contribution in [0.4, 0.5) is 17.1 Å². The van der Waals surface area contributed by atoms with Gasteiger partial charge in [-0.3, -0.25) is 0 Å². The Labute approximate surface area is 397 Å². The highest BCUT2D eigenvalue weighted by molar-refractivity contribution is 6.00. The Morgan fingerprint density at radius 2 is 0.809 bits per heavy atom. The van der Waals surface area contributed by atoms with E-state index in [9.17, 15) is 0 Å². The summed E-state index contributed by atoms with van der Waals surface area (Å²) >= 11 is 0. The third-order valence-electron chi connectivity index (χ3n) is 15.3. The lowest BCUT2D eigenvalue weighted by molar-refractivity contribution is 0.447. The Balaban J connectivity index is 0.887. The molecule has 0 amide bonds. The van der Waals surface area contributed by atoms with Gasteiger partial charge in [0.15, 0.2) is 0 Å². The third kappa shape index (κ3) is 5.46. The van der Waals surface area contributed by atoms with E-state index in [1.807, 2.05) is 0 Å². The summed E-state index contributed by atoms with van der Waals surface area (Å²) in [6, 6.07) is 87.3. The van der Waals surface area contributed by atoms with E-state index in [0.29, 0.717) is 0 Å². The van der Waals surface area contributed by atoms with Crippen molar-refractivity contribution in [2.45, 2.75) is 24.7 Å². The number of ether oxygens (including phenoxy) is 1. The van der Waals surface area contributed by atoms with E-state index in [0.717, 1.165) is 44.9 Å². The predicted octanol–water partition coefficient (Wildman–Crippen LogP) is 17.6. The molecule has 0 bridgehead atoms. The minimum absolute atomic E-state index is 0.0486. The summed E-state index contributed by atoms with van der Waals surface area (Å²) in [4.78, 5) is 2.37. The molecule has 11 aromatic carbocycles. The van der Waals surface area contributed by atoms with Gasteiger partial charge in [0.1, 0.15) is 11.5 Å². The zero-order chi connectivity index (χ0) is 45.1. The molecule has 320 valence electrons. The van der Waals surface area contributed by atoms with Crippen LogP contribution in [0.15, 0.2) is 237 Å². The lowest BCUT2D eigenvalue weighted by Crippen LogP contribution is -2.32. The largest absolute Gasteiger partial charge is 0.455 e. The molecule has 68 heavy (non-hydrogen) atoms. The topological polar surface area (TPSA) is 12.5 Å². The summed E-state index contributed by atoms with van der Waals surface area (Å²) < 4.78 is 7.18. The minimum Gasteiger partial charge on any atom is -0.455 e. The molecule has 0 fully saturated rings. The van der Waals surface area contributed by atoms with E-state index in [2.05, 4.69) is 255 Å². The van der Waals surface area contributed by atoms with Crippen LogP contribution in [0.3, 0.4) is 0 Å². The molecule has 0 aromatic heterocycles. The Kier molecular flexibility index (Phi) is 8.28. The fourth-order valence-corrected chi connectivity index (χ4v) is 12.1. The molecule has 2 heteroatoms. The van der Waals surface area contributed by atoms with E-state index in [-0.39, 0.29) is 5.41 Å². The van der Waals surface area contributed by atoms with Crippen LogP contribution in [-0.2, 0) is 10.8 Å². The van der Waals surface area contributed by atoms with Gasteiger partial charge in [0.25, 0.3) is 0 Å². The van der Waals surface area contributed by atoms with Gasteiger partial charge in [-0.1, -0.05) is 202 Å². The molecule has 0 saturated carbocycles. The molecule has 0 saturated heterocycles. The molecule has 11 aromatic rings. The number of hydrogen-bond acceptors (Lipinski definition) is 2. The van der Waals surface area contributed by atoms with Crippen molar-refractivity contribution in [2.24, 2.45) is 0 Å². The lowest BCUT2D eigenvalue weighted by atomic mass is 9.65. The molecular formula is C66H45NO. The summed E-state index contributed by atoms with van der Waals surface area (Å²) in [5.41, 5.74) is 20.3. The summed E-state index contributed by atoms with van der Waals surface area (Å²) in [7, 11) is 0. The fraction of sp³-hybridized carbons (Fsp3) is 0.0606. The standard InChI is InChI=1S/C66H45NO/c1-65(2)57-25-12-10-23-53(57)55-35-29-47(41-62(55)65)42-27-33-49(34-28-42)67(48-18-4-3-5-19-48)50-20-14-17-45(39-50)46-32-36-59-56(40-46)54-24-11-13-26-58(54)66(59)60-37-30-43-15-6-8-21-51(43)63(60)68-64-52-22-9-7-16-44(52)31-38-61(64)66/h3-41H,1-2H3. The van der Waals surface area contributed by atoms with Gasteiger partial charge in [0.2, 0.25) is 0 Å². The number of rotatable bonds is 5. The second-order valence-electron chi connectivity index (χ2n) is 19.2. The maximum atomic E-state index is 7.18. The first kappa shape index (κ1) is 38.8. The van der Waals surface area contributed by atoms with E-state index in [1.165, 1.54) is 83.1 Å². The minimum atomic E-state index is -0.583. The van der Waals surface area contributed by atoms with Crippen molar-refractivity contribution in [3.05, 3.63) is 270 Å². The normalized spacial score (nSPS) is 14.1. The van der Waals surface area contributed by atoms with E-state index in [4.69, 9.17) is 4.74 Å². The molecule has 14 rings (SSSR count). The number of anilines is 3. The average molecular weight is 868 g/mol. The molecule has 0 N–H and O–H groups in total. The second-order valence-corrected chi connectivity index (χ2v) is 19.2. The molecule has 0 unspecified atom stereocenters. The Hall–Kier alpha value is -8.46. The highest BCUT2D eigenvalue weighted by Crippen LogP contribution is 2.64. The van der Waals surface area contributed by atoms with Gasteiger partial charge >= 0.3 is 0 Å². The van der Waals surface area contributed by atoms with Crippen LogP contribution < -0.4 is 9.64 Å². The van der Waals surface area contributed by atoms with E-state index in [1.54, 1.807) is 0 Å². The van der Waals surface area contributed by atoms with Crippen LogP contribution in [0, 0.1) is 0 Å². The summed E-state index contributed by atoms with van der Waals surface area (Å²) in [6.07, 6.45) is 0. The van der Waals surface area contributed by atoms with Gasteiger partial charge in [0.05, 0.1) is 5.41 Å². The molecule has 1 aliphatic heterocycles. The maximum Gasteiger partial charge on any atom is 0.140 e. The van der Waals surface area contributed by atoms with Crippen molar-refractivity contribution >= 4 is 38.6 Å². The van der Waals surface area contributed by atoms with Gasteiger partial charge in [0, 0.05) is 44.4 Å². The SMILES string of the molecule is CC1(C)c2ccccc2-c2ccc(-c3ccc(N(c4ccccc4)c4cccc(-c5ccc6c(c5)-c5ccccc5C65c6ccc7ccccc7c6Oc6c5ccc5ccccc65)c4)cc3)cc21. The van der Waals surface area contributed by atoms with Crippen LogP contribution in [0.25, 0.3) is 66.1 Å². The zero-order valence-corrected chi connectivity index (χ0v) is 37.9. The number of para-hydroxylation sites is 1. The molecule has 1 heterocycles. The monoisotopic (exact) mass is 867 g/mol.